The van der Waals surface area contributed by atoms with Crippen LogP contribution in [-0.2, 0) is 0 Å². The maximum atomic E-state index is 9.98. The van der Waals surface area contributed by atoms with Crippen LogP contribution in [0.1, 0.15) is 52.9 Å². The van der Waals surface area contributed by atoms with Crippen LogP contribution >= 0.6 is 0 Å². The van der Waals surface area contributed by atoms with Crippen LogP contribution in [0.5, 0.6) is 0 Å². The molecule has 0 heterocycles. The van der Waals surface area contributed by atoms with Crippen LogP contribution < -0.4 is 0 Å². The average Bonchev–Trinajstić information content (AvgIpc) is 2.24. The summed E-state index contributed by atoms with van der Waals surface area (Å²) in [6, 6.07) is 0. The average molecular weight is 220 g/mol. The molecule has 1 N–H and O–H groups in total. The van der Waals surface area contributed by atoms with Crippen molar-refractivity contribution < 1.29 is 5.11 Å². The molecule has 1 heteroatoms. The molecule has 0 aromatic carbocycles. The first-order chi connectivity index (χ1) is 7.44. The minimum atomic E-state index is -0.188. The Morgan fingerprint density at radius 2 is 2.00 bits per heavy atom. The molecule has 0 radical (unpaired) electrons. The molecule has 0 amide bonds. The van der Waals surface area contributed by atoms with Gasteiger partial charge >= 0.3 is 0 Å². The molecule has 0 aromatic heterocycles. The molecule has 0 spiro atoms. The Morgan fingerprint density at radius 1 is 1.38 bits per heavy atom. The molecular weight excluding hydrogens is 196 g/mol. The normalized spacial score (nSPS) is 39.5. The van der Waals surface area contributed by atoms with E-state index in [0.29, 0.717) is 11.3 Å². The first kappa shape index (κ1) is 11.9. The van der Waals surface area contributed by atoms with E-state index >= 15 is 0 Å². The molecule has 16 heavy (non-hydrogen) atoms. The van der Waals surface area contributed by atoms with Gasteiger partial charge in [-0.2, -0.15) is 0 Å². The predicted octanol–water partition coefficient (Wildman–Crippen LogP) is 3.84. The standard InChI is InChI=1S/C15H24O/c1-10(2)12-5-7-15(4)8-6-14(16)11(3)13(15)9-12/h12,14,16H,1,5-9H2,2-4H3/t12-,14+,15+/m1/s1. The summed E-state index contributed by atoms with van der Waals surface area (Å²) in [6.45, 7) is 10.7. The summed E-state index contributed by atoms with van der Waals surface area (Å²) in [7, 11) is 0. The quantitative estimate of drug-likeness (QED) is 0.666. The van der Waals surface area contributed by atoms with Gasteiger partial charge in [0.15, 0.2) is 0 Å². The number of allylic oxidation sites excluding steroid dienone is 2. The second kappa shape index (κ2) is 4.03. The van der Waals surface area contributed by atoms with Crippen molar-refractivity contribution in [3.63, 3.8) is 0 Å². The van der Waals surface area contributed by atoms with Crippen molar-refractivity contribution in [3.05, 3.63) is 23.3 Å². The highest BCUT2D eigenvalue weighted by Gasteiger charge is 2.40. The summed E-state index contributed by atoms with van der Waals surface area (Å²) in [5.74, 6) is 0.642. The van der Waals surface area contributed by atoms with E-state index in [2.05, 4.69) is 27.4 Å². The third-order valence-electron chi connectivity index (χ3n) is 4.87. The molecule has 1 fully saturated rings. The Hall–Kier alpha value is -0.560. The van der Waals surface area contributed by atoms with E-state index in [4.69, 9.17) is 0 Å². The van der Waals surface area contributed by atoms with E-state index in [-0.39, 0.29) is 6.10 Å². The third-order valence-corrected chi connectivity index (χ3v) is 4.87. The van der Waals surface area contributed by atoms with Gasteiger partial charge in [-0.25, -0.2) is 0 Å². The van der Waals surface area contributed by atoms with Crippen molar-refractivity contribution in [2.75, 3.05) is 0 Å². The Labute approximate surface area is 99.3 Å². The lowest BCUT2D eigenvalue weighted by Crippen LogP contribution is -2.35. The Morgan fingerprint density at radius 3 is 2.62 bits per heavy atom. The molecule has 0 bridgehead atoms. The van der Waals surface area contributed by atoms with Gasteiger partial charge in [0.2, 0.25) is 0 Å². The van der Waals surface area contributed by atoms with E-state index in [1.807, 2.05) is 0 Å². The minimum Gasteiger partial charge on any atom is -0.389 e. The van der Waals surface area contributed by atoms with E-state index in [9.17, 15) is 5.11 Å². The van der Waals surface area contributed by atoms with Gasteiger partial charge in [0.25, 0.3) is 0 Å². The number of fused-ring (bicyclic) bond motifs is 1. The van der Waals surface area contributed by atoms with Crippen molar-refractivity contribution in [1.82, 2.24) is 0 Å². The fraction of sp³-hybridized carbons (Fsp3) is 0.733. The lowest BCUT2D eigenvalue weighted by atomic mass is 9.60. The smallest absolute Gasteiger partial charge is 0.0750 e. The number of rotatable bonds is 1. The van der Waals surface area contributed by atoms with Crippen LogP contribution in [0, 0.1) is 11.3 Å². The number of aliphatic hydroxyl groups excluding tert-OH is 1. The Kier molecular flexibility index (Phi) is 3.00. The molecule has 2 aliphatic carbocycles. The minimum absolute atomic E-state index is 0.188. The third kappa shape index (κ3) is 1.86. The summed E-state index contributed by atoms with van der Waals surface area (Å²) in [5.41, 5.74) is 4.46. The molecule has 0 unspecified atom stereocenters. The second-order valence-corrected chi connectivity index (χ2v) is 6.06. The van der Waals surface area contributed by atoms with Crippen LogP contribution in [0.25, 0.3) is 0 Å². The van der Waals surface area contributed by atoms with E-state index in [1.165, 1.54) is 29.6 Å². The zero-order valence-corrected chi connectivity index (χ0v) is 10.8. The SMILES string of the molecule is C=C(C)[C@@H]1CC[C@@]2(C)CC[C@H](O)C(C)=C2C1. The van der Waals surface area contributed by atoms with E-state index in [0.717, 1.165) is 19.3 Å². The van der Waals surface area contributed by atoms with Gasteiger partial charge in [-0.05, 0) is 62.9 Å². The molecule has 1 nitrogen and oxygen atoms in total. The lowest BCUT2D eigenvalue weighted by Gasteiger charge is -2.45. The van der Waals surface area contributed by atoms with Crippen LogP contribution in [0.4, 0.5) is 0 Å². The molecule has 1 saturated carbocycles. The van der Waals surface area contributed by atoms with Gasteiger partial charge in [0.05, 0.1) is 6.10 Å². The van der Waals surface area contributed by atoms with Crippen molar-refractivity contribution in [2.45, 2.75) is 59.0 Å². The Bertz CT molecular complexity index is 339. The molecule has 90 valence electrons. The number of hydrogen-bond donors (Lipinski definition) is 1. The summed E-state index contributed by atoms with van der Waals surface area (Å²) >= 11 is 0. The molecule has 0 aromatic rings. The van der Waals surface area contributed by atoms with Gasteiger partial charge < -0.3 is 5.11 Å². The van der Waals surface area contributed by atoms with Gasteiger partial charge in [-0.1, -0.05) is 24.6 Å². The van der Waals surface area contributed by atoms with Gasteiger partial charge in [-0.15, -0.1) is 0 Å². The summed E-state index contributed by atoms with van der Waals surface area (Å²) in [5, 5.41) is 9.98. The molecule has 0 aliphatic heterocycles. The highest BCUT2D eigenvalue weighted by atomic mass is 16.3. The zero-order chi connectivity index (χ0) is 11.9. The highest BCUT2D eigenvalue weighted by Crippen LogP contribution is 2.51. The molecule has 2 rings (SSSR count). The fourth-order valence-corrected chi connectivity index (χ4v) is 3.44. The summed E-state index contributed by atoms with van der Waals surface area (Å²) in [6.07, 6.45) is 5.59. The largest absolute Gasteiger partial charge is 0.389 e. The molecule has 2 aliphatic rings. The van der Waals surface area contributed by atoms with Crippen LogP contribution in [0.15, 0.2) is 23.3 Å². The number of aliphatic hydroxyl groups is 1. The first-order valence-corrected chi connectivity index (χ1v) is 6.47. The zero-order valence-electron chi connectivity index (χ0n) is 10.8. The van der Waals surface area contributed by atoms with Crippen molar-refractivity contribution in [1.29, 1.82) is 0 Å². The van der Waals surface area contributed by atoms with Gasteiger partial charge in [-0.3, -0.25) is 0 Å². The summed E-state index contributed by atoms with van der Waals surface area (Å²) in [4.78, 5) is 0. The van der Waals surface area contributed by atoms with E-state index in [1.54, 1.807) is 0 Å². The fourth-order valence-electron chi connectivity index (χ4n) is 3.44. The number of hydrogen-bond acceptors (Lipinski definition) is 1. The first-order valence-electron chi connectivity index (χ1n) is 6.47. The monoisotopic (exact) mass is 220 g/mol. The molecule has 3 atom stereocenters. The second-order valence-electron chi connectivity index (χ2n) is 6.06. The molecular formula is C15H24O. The summed E-state index contributed by atoms with van der Waals surface area (Å²) < 4.78 is 0. The van der Waals surface area contributed by atoms with Gasteiger partial charge in [0.1, 0.15) is 0 Å². The van der Waals surface area contributed by atoms with Crippen molar-refractivity contribution in [2.24, 2.45) is 11.3 Å². The highest BCUT2D eigenvalue weighted by molar-refractivity contribution is 5.30. The van der Waals surface area contributed by atoms with Crippen LogP contribution in [0.2, 0.25) is 0 Å². The van der Waals surface area contributed by atoms with Gasteiger partial charge in [0, 0.05) is 0 Å². The Balaban J connectivity index is 2.31. The molecule has 0 saturated heterocycles. The topological polar surface area (TPSA) is 20.2 Å². The van der Waals surface area contributed by atoms with Crippen molar-refractivity contribution >= 4 is 0 Å². The maximum absolute atomic E-state index is 9.98. The maximum Gasteiger partial charge on any atom is 0.0750 e. The van der Waals surface area contributed by atoms with Crippen LogP contribution in [-0.4, -0.2) is 11.2 Å². The predicted molar refractivity (Wildman–Crippen MR) is 68.2 cm³/mol. The lowest BCUT2D eigenvalue weighted by molar-refractivity contribution is 0.133. The van der Waals surface area contributed by atoms with Crippen LogP contribution in [0.3, 0.4) is 0 Å². The van der Waals surface area contributed by atoms with E-state index < -0.39 is 0 Å². The van der Waals surface area contributed by atoms with Crippen molar-refractivity contribution in [3.8, 4) is 0 Å².